The van der Waals surface area contributed by atoms with Crippen LogP contribution in [0.15, 0.2) is 29.3 Å². The van der Waals surface area contributed by atoms with Crippen molar-refractivity contribution in [2.45, 2.75) is 32.2 Å². The summed E-state index contributed by atoms with van der Waals surface area (Å²) in [7, 11) is 3.40. The Morgan fingerprint density at radius 1 is 1.14 bits per heavy atom. The fraction of sp³-hybridized carbons (Fsp3) is 0.682. The van der Waals surface area contributed by atoms with E-state index in [1.807, 2.05) is 6.07 Å². The van der Waals surface area contributed by atoms with Crippen LogP contribution in [-0.4, -0.2) is 77.6 Å². The number of rotatable bonds is 13. The summed E-state index contributed by atoms with van der Waals surface area (Å²) in [5.41, 5.74) is 1.26. The maximum absolute atomic E-state index is 5.52. The van der Waals surface area contributed by atoms with Gasteiger partial charge in [0.1, 0.15) is 5.75 Å². The van der Waals surface area contributed by atoms with E-state index < -0.39 is 0 Å². The first-order valence-corrected chi connectivity index (χ1v) is 10.7. The molecule has 0 spiro atoms. The number of hydrogen-bond acceptors (Lipinski definition) is 5. The number of ether oxygens (including phenoxy) is 3. The van der Waals surface area contributed by atoms with Crippen molar-refractivity contribution < 1.29 is 14.2 Å². The Bertz CT molecular complexity index is 591. The SMILES string of the molecule is CCNC(=NCC(c1cccc(OC)c1)N1CCCC1)NCCCOCCOC. The quantitative estimate of drug-likeness (QED) is 0.298. The zero-order valence-electron chi connectivity index (χ0n) is 18.3. The van der Waals surface area contributed by atoms with Gasteiger partial charge < -0.3 is 24.8 Å². The van der Waals surface area contributed by atoms with Crippen LogP contribution in [0.5, 0.6) is 5.75 Å². The molecule has 7 heteroatoms. The maximum atomic E-state index is 5.52. The van der Waals surface area contributed by atoms with Crippen LogP contribution in [0.25, 0.3) is 0 Å². The smallest absolute Gasteiger partial charge is 0.191 e. The first-order valence-electron chi connectivity index (χ1n) is 10.7. The molecule has 1 fully saturated rings. The van der Waals surface area contributed by atoms with E-state index in [1.165, 1.54) is 18.4 Å². The number of benzene rings is 1. The Balaban J connectivity index is 1.94. The zero-order chi connectivity index (χ0) is 20.7. The molecule has 0 amide bonds. The van der Waals surface area contributed by atoms with Gasteiger partial charge in [-0.3, -0.25) is 9.89 Å². The van der Waals surface area contributed by atoms with Crippen LogP contribution >= 0.6 is 0 Å². The van der Waals surface area contributed by atoms with E-state index in [-0.39, 0.29) is 6.04 Å². The van der Waals surface area contributed by atoms with Crippen molar-refractivity contribution in [3.05, 3.63) is 29.8 Å². The highest BCUT2D eigenvalue weighted by Gasteiger charge is 2.23. The van der Waals surface area contributed by atoms with Gasteiger partial charge in [0.05, 0.1) is 32.9 Å². The number of aliphatic imine (C=N–C) groups is 1. The first-order chi connectivity index (χ1) is 14.3. The summed E-state index contributed by atoms with van der Waals surface area (Å²) in [4.78, 5) is 7.42. The van der Waals surface area contributed by atoms with Gasteiger partial charge in [0.2, 0.25) is 0 Å². The third kappa shape index (κ3) is 8.60. The van der Waals surface area contributed by atoms with Crippen LogP contribution in [-0.2, 0) is 9.47 Å². The molecule has 164 valence electrons. The fourth-order valence-electron chi connectivity index (χ4n) is 3.48. The molecule has 1 aromatic carbocycles. The first kappa shape index (κ1) is 23.4. The highest BCUT2D eigenvalue weighted by Crippen LogP contribution is 2.27. The van der Waals surface area contributed by atoms with Gasteiger partial charge in [0.15, 0.2) is 5.96 Å². The van der Waals surface area contributed by atoms with Crippen molar-refractivity contribution in [3.8, 4) is 5.75 Å². The van der Waals surface area contributed by atoms with Crippen LogP contribution in [0.3, 0.4) is 0 Å². The fourth-order valence-corrected chi connectivity index (χ4v) is 3.48. The van der Waals surface area contributed by atoms with Gasteiger partial charge in [-0.1, -0.05) is 12.1 Å². The highest BCUT2D eigenvalue weighted by molar-refractivity contribution is 5.79. The molecule has 0 radical (unpaired) electrons. The van der Waals surface area contributed by atoms with E-state index in [4.69, 9.17) is 19.2 Å². The average molecular weight is 407 g/mol. The van der Waals surface area contributed by atoms with E-state index in [1.54, 1.807) is 14.2 Å². The lowest BCUT2D eigenvalue weighted by molar-refractivity contribution is 0.0698. The Labute approximate surface area is 175 Å². The molecule has 1 unspecified atom stereocenters. The molecule has 29 heavy (non-hydrogen) atoms. The lowest BCUT2D eigenvalue weighted by Gasteiger charge is -2.27. The summed E-state index contributed by atoms with van der Waals surface area (Å²) in [6.45, 7) is 8.71. The standard InChI is InChI=1S/C22H38N4O3/c1-4-23-22(24-11-8-14-29-16-15-27-2)25-18-21(26-12-5-6-13-26)19-9-7-10-20(17-19)28-3/h7,9-10,17,21H,4-6,8,11-16,18H2,1-3H3,(H2,23,24,25). The van der Waals surface area contributed by atoms with E-state index in [0.29, 0.717) is 19.8 Å². The van der Waals surface area contributed by atoms with Crippen LogP contribution in [0, 0.1) is 0 Å². The number of nitrogens with zero attached hydrogens (tertiary/aromatic N) is 2. The molecule has 2 N–H and O–H groups in total. The molecule has 0 saturated carbocycles. The van der Waals surface area contributed by atoms with Gasteiger partial charge in [0, 0.05) is 26.8 Å². The van der Waals surface area contributed by atoms with Gasteiger partial charge in [-0.2, -0.15) is 0 Å². The molecule has 1 aliphatic rings. The van der Waals surface area contributed by atoms with Crippen molar-refractivity contribution in [2.75, 3.05) is 66.8 Å². The minimum atomic E-state index is 0.264. The molecule has 1 aromatic rings. The molecule has 1 atom stereocenters. The van der Waals surface area contributed by atoms with Gasteiger partial charge in [-0.15, -0.1) is 0 Å². The Kier molecular flexibility index (Phi) is 11.5. The highest BCUT2D eigenvalue weighted by atomic mass is 16.5. The van der Waals surface area contributed by atoms with Crippen molar-refractivity contribution in [1.82, 2.24) is 15.5 Å². The monoisotopic (exact) mass is 406 g/mol. The lowest BCUT2D eigenvalue weighted by Crippen LogP contribution is -2.39. The third-order valence-electron chi connectivity index (χ3n) is 5.02. The van der Waals surface area contributed by atoms with E-state index >= 15 is 0 Å². The summed E-state index contributed by atoms with van der Waals surface area (Å²) in [6, 6.07) is 8.64. The summed E-state index contributed by atoms with van der Waals surface area (Å²) < 4.78 is 15.9. The predicted octanol–water partition coefficient (Wildman–Crippen LogP) is 2.44. The van der Waals surface area contributed by atoms with E-state index in [9.17, 15) is 0 Å². The lowest BCUT2D eigenvalue weighted by atomic mass is 10.1. The maximum Gasteiger partial charge on any atom is 0.191 e. The number of guanidine groups is 1. The largest absolute Gasteiger partial charge is 0.497 e. The summed E-state index contributed by atoms with van der Waals surface area (Å²) in [5.74, 6) is 1.76. The summed E-state index contributed by atoms with van der Waals surface area (Å²) in [5, 5.41) is 6.76. The number of likely N-dealkylation sites (tertiary alicyclic amines) is 1. The molecule has 1 saturated heterocycles. The molecular formula is C22H38N4O3. The summed E-state index contributed by atoms with van der Waals surface area (Å²) >= 11 is 0. The second-order valence-corrected chi connectivity index (χ2v) is 7.14. The van der Waals surface area contributed by atoms with Crippen molar-refractivity contribution in [1.29, 1.82) is 0 Å². The van der Waals surface area contributed by atoms with Gasteiger partial charge in [-0.25, -0.2) is 0 Å². The normalized spacial score (nSPS) is 16.0. The molecule has 1 aliphatic heterocycles. The number of hydrogen-bond donors (Lipinski definition) is 2. The molecule has 2 rings (SSSR count). The van der Waals surface area contributed by atoms with Gasteiger partial charge in [-0.05, 0) is 57.0 Å². The summed E-state index contributed by atoms with van der Waals surface area (Å²) in [6.07, 6.45) is 3.44. The molecule has 1 heterocycles. The second-order valence-electron chi connectivity index (χ2n) is 7.14. The van der Waals surface area contributed by atoms with Crippen LogP contribution in [0.4, 0.5) is 0 Å². The number of nitrogens with one attached hydrogen (secondary N) is 2. The Morgan fingerprint density at radius 3 is 2.69 bits per heavy atom. The zero-order valence-corrected chi connectivity index (χ0v) is 18.3. The second kappa shape index (κ2) is 14.2. The molecule has 0 bridgehead atoms. The topological polar surface area (TPSA) is 67.4 Å². The number of methoxy groups -OCH3 is 2. The average Bonchev–Trinajstić information content (AvgIpc) is 3.28. The van der Waals surface area contributed by atoms with Crippen LogP contribution in [0.2, 0.25) is 0 Å². The predicted molar refractivity (Wildman–Crippen MR) is 118 cm³/mol. The third-order valence-corrected chi connectivity index (χ3v) is 5.02. The Morgan fingerprint density at radius 2 is 1.97 bits per heavy atom. The van der Waals surface area contributed by atoms with E-state index in [2.05, 4.69) is 40.7 Å². The molecule has 0 aromatic heterocycles. The van der Waals surface area contributed by atoms with E-state index in [0.717, 1.165) is 50.9 Å². The van der Waals surface area contributed by atoms with Gasteiger partial charge in [0.25, 0.3) is 0 Å². The molecular weight excluding hydrogens is 368 g/mol. The van der Waals surface area contributed by atoms with Crippen molar-refractivity contribution >= 4 is 5.96 Å². The van der Waals surface area contributed by atoms with Crippen molar-refractivity contribution in [2.24, 2.45) is 4.99 Å². The molecule has 0 aliphatic carbocycles. The minimum absolute atomic E-state index is 0.264. The molecule has 7 nitrogen and oxygen atoms in total. The van der Waals surface area contributed by atoms with Gasteiger partial charge >= 0.3 is 0 Å². The van der Waals surface area contributed by atoms with Crippen molar-refractivity contribution in [3.63, 3.8) is 0 Å². The van der Waals surface area contributed by atoms with Crippen LogP contribution < -0.4 is 15.4 Å². The van der Waals surface area contributed by atoms with Crippen LogP contribution in [0.1, 0.15) is 37.8 Å². The Hall–Kier alpha value is -1.83. The minimum Gasteiger partial charge on any atom is -0.497 e.